The van der Waals surface area contributed by atoms with Gasteiger partial charge in [0.25, 0.3) is 11.5 Å². The van der Waals surface area contributed by atoms with Crippen LogP contribution in [0.15, 0.2) is 47.3 Å². The van der Waals surface area contributed by atoms with Crippen LogP contribution in [-0.2, 0) is 6.54 Å². The van der Waals surface area contributed by atoms with Crippen molar-refractivity contribution in [3.05, 3.63) is 74.6 Å². The third kappa shape index (κ3) is 3.57. The molecule has 6 nitrogen and oxygen atoms in total. The van der Waals surface area contributed by atoms with E-state index in [1.807, 2.05) is 44.2 Å². The Morgan fingerprint density at radius 3 is 2.58 bits per heavy atom. The molecule has 122 valence electrons. The molecule has 0 aliphatic carbocycles. The summed E-state index contributed by atoms with van der Waals surface area (Å²) in [5.41, 5.74) is 1.75. The summed E-state index contributed by atoms with van der Waals surface area (Å²) in [6.45, 7) is 4.15. The summed E-state index contributed by atoms with van der Waals surface area (Å²) in [6.07, 6.45) is 0. The normalized spacial score (nSPS) is 10.6. The van der Waals surface area contributed by atoms with E-state index in [1.165, 1.54) is 28.2 Å². The molecule has 1 amide bonds. The molecular weight excluding hydrogens is 324 g/mol. The van der Waals surface area contributed by atoms with Crippen molar-refractivity contribution >= 4 is 22.4 Å². The van der Waals surface area contributed by atoms with Gasteiger partial charge in [-0.2, -0.15) is 5.10 Å². The SMILES string of the molecule is Cc1nc(NC(=O)c2ccc(=O)n(Cc3ccccc3)n2)sc1C. The number of carbonyl (C=O) groups is 1. The van der Waals surface area contributed by atoms with Crippen molar-refractivity contribution in [2.24, 2.45) is 0 Å². The molecule has 1 N–H and O–H groups in total. The minimum Gasteiger partial charge on any atom is -0.296 e. The first-order chi connectivity index (χ1) is 11.5. The zero-order valence-electron chi connectivity index (χ0n) is 13.3. The molecule has 7 heteroatoms. The maximum atomic E-state index is 12.3. The van der Waals surface area contributed by atoms with Crippen LogP contribution in [0.5, 0.6) is 0 Å². The second kappa shape index (κ2) is 6.76. The van der Waals surface area contributed by atoms with Gasteiger partial charge in [-0.05, 0) is 25.5 Å². The molecule has 0 spiro atoms. The number of carbonyl (C=O) groups excluding carboxylic acids is 1. The van der Waals surface area contributed by atoms with E-state index in [-0.39, 0.29) is 17.2 Å². The average Bonchev–Trinajstić information content (AvgIpc) is 2.88. The van der Waals surface area contributed by atoms with Gasteiger partial charge >= 0.3 is 0 Å². The van der Waals surface area contributed by atoms with Gasteiger partial charge < -0.3 is 0 Å². The number of aromatic nitrogens is 3. The third-order valence-electron chi connectivity index (χ3n) is 3.52. The fraction of sp³-hybridized carbons (Fsp3) is 0.176. The van der Waals surface area contributed by atoms with Crippen LogP contribution < -0.4 is 10.9 Å². The molecule has 0 saturated heterocycles. The number of thiazole rings is 1. The molecular formula is C17H16N4O2S. The van der Waals surface area contributed by atoms with Crippen molar-refractivity contribution in [2.45, 2.75) is 20.4 Å². The number of benzene rings is 1. The Balaban J connectivity index is 1.82. The summed E-state index contributed by atoms with van der Waals surface area (Å²) in [6, 6.07) is 12.3. The van der Waals surface area contributed by atoms with Crippen molar-refractivity contribution < 1.29 is 4.79 Å². The molecule has 1 aromatic carbocycles. The number of nitrogens with zero attached hydrogens (tertiary/aromatic N) is 3. The second-order valence-electron chi connectivity index (χ2n) is 5.31. The molecule has 0 unspecified atom stereocenters. The van der Waals surface area contributed by atoms with Gasteiger partial charge in [-0.3, -0.25) is 14.9 Å². The summed E-state index contributed by atoms with van der Waals surface area (Å²) in [5.74, 6) is -0.384. The minimum absolute atomic E-state index is 0.177. The summed E-state index contributed by atoms with van der Waals surface area (Å²) in [5, 5.41) is 7.41. The van der Waals surface area contributed by atoms with Crippen LogP contribution in [0, 0.1) is 13.8 Å². The molecule has 0 atom stereocenters. The van der Waals surface area contributed by atoms with Crippen molar-refractivity contribution in [1.29, 1.82) is 0 Å². The lowest BCUT2D eigenvalue weighted by molar-refractivity contribution is 0.102. The highest BCUT2D eigenvalue weighted by Crippen LogP contribution is 2.21. The number of anilines is 1. The molecule has 3 aromatic rings. The van der Waals surface area contributed by atoms with Crippen LogP contribution in [0.3, 0.4) is 0 Å². The van der Waals surface area contributed by atoms with Crippen LogP contribution >= 0.6 is 11.3 Å². The average molecular weight is 340 g/mol. The highest BCUT2D eigenvalue weighted by molar-refractivity contribution is 7.15. The lowest BCUT2D eigenvalue weighted by Crippen LogP contribution is -2.26. The van der Waals surface area contributed by atoms with Gasteiger partial charge in [0.2, 0.25) is 0 Å². The molecule has 0 bridgehead atoms. The molecule has 3 rings (SSSR count). The van der Waals surface area contributed by atoms with Crippen LogP contribution in [0.2, 0.25) is 0 Å². The zero-order valence-corrected chi connectivity index (χ0v) is 14.1. The van der Waals surface area contributed by atoms with Crippen LogP contribution in [0.4, 0.5) is 5.13 Å². The van der Waals surface area contributed by atoms with Crippen LogP contribution in [-0.4, -0.2) is 20.7 Å². The summed E-state index contributed by atoms with van der Waals surface area (Å²) >= 11 is 1.41. The van der Waals surface area contributed by atoms with E-state index in [2.05, 4.69) is 15.4 Å². The highest BCUT2D eigenvalue weighted by atomic mass is 32.1. The van der Waals surface area contributed by atoms with Gasteiger partial charge in [-0.15, -0.1) is 11.3 Å². The highest BCUT2D eigenvalue weighted by Gasteiger charge is 2.13. The standard InChI is InChI=1S/C17H16N4O2S/c1-11-12(2)24-17(18-11)19-16(23)14-8-9-15(22)21(20-14)10-13-6-4-3-5-7-13/h3-9H,10H2,1-2H3,(H,18,19,23). The van der Waals surface area contributed by atoms with Crippen LogP contribution in [0.25, 0.3) is 0 Å². The first-order valence-corrected chi connectivity index (χ1v) is 8.22. The molecule has 0 aliphatic heterocycles. The van der Waals surface area contributed by atoms with Crippen molar-refractivity contribution in [3.63, 3.8) is 0 Å². The topological polar surface area (TPSA) is 76.9 Å². The van der Waals surface area contributed by atoms with Gasteiger partial charge in [-0.1, -0.05) is 30.3 Å². The van der Waals surface area contributed by atoms with Gasteiger partial charge in [0.15, 0.2) is 5.13 Å². The quantitative estimate of drug-likeness (QED) is 0.792. The molecule has 2 aromatic heterocycles. The number of rotatable bonds is 4. The van der Waals surface area contributed by atoms with Gasteiger partial charge in [0.1, 0.15) is 5.69 Å². The first-order valence-electron chi connectivity index (χ1n) is 7.40. The Kier molecular flexibility index (Phi) is 4.52. The van der Waals surface area contributed by atoms with Gasteiger partial charge in [-0.25, -0.2) is 9.67 Å². The van der Waals surface area contributed by atoms with Crippen molar-refractivity contribution in [2.75, 3.05) is 5.32 Å². The molecule has 24 heavy (non-hydrogen) atoms. The fourth-order valence-electron chi connectivity index (χ4n) is 2.13. The zero-order chi connectivity index (χ0) is 17.1. The number of aryl methyl sites for hydroxylation is 2. The Morgan fingerprint density at radius 1 is 1.17 bits per heavy atom. The lowest BCUT2D eigenvalue weighted by atomic mass is 10.2. The van der Waals surface area contributed by atoms with E-state index in [0.717, 1.165) is 16.1 Å². The number of nitrogens with one attached hydrogen (secondary N) is 1. The lowest BCUT2D eigenvalue weighted by Gasteiger charge is -2.07. The third-order valence-corrected chi connectivity index (χ3v) is 4.51. The molecule has 2 heterocycles. The van der Waals surface area contributed by atoms with E-state index in [0.29, 0.717) is 11.7 Å². The minimum atomic E-state index is -0.384. The van der Waals surface area contributed by atoms with Crippen molar-refractivity contribution in [3.8, 4) is 0 Å². The largest absolute Gasteiger partial charge is 0.296 e. The second-order valence-corrected chi connectivity index (χ2v) is 6.52. The monoisotopic (exact) mass is 340 g/mol. The number of amides is 1. The summed E-state index contributed by atoms with van der Waals surface area (Å²) < 4.78 is 1.28. The predicted octanol–water partition coefficient (Wildman–Crippen LogP) is 2.62. The van der Waals surface area contributed by atoms with Crippen molar-refractivity contribution in [1.82, 2.24) is 14.8 Å². The predicted molar refractivity (Wildman–Crippen MR) is 93.6 cm³/mol. The van der Waals surface area contributed by atoms with E-state index < -0.39 is 0 Å². The van der Waals surface area contributed by atoms with E-state index in [9.17, 15) is 9.59 Å². The maximum Gasteiger partial charge on any atom is 0.277 e. The Hall–Kier alpha value is -2.80. The van der Waals surface area contributed by atoms with Gasteiger partial charge in [0.05, 0.1) is 12.2 Å². The summed E-state index contributed by atoms with van der Waals surface area (Å²) in [7, 11) is 0. The van der Waals surface area contributed by atoms with E-state index in [4.69, 9.17) is 0 Å². The molecule has 0 fully saturated rings. The maximum absolute atomic E-state index is 12.3. The Morgan fingerprint density at radius 2 is 1.92 bits per heavy atom. The molecule has 0 radical (unpaired) electrons. The Labute approximate surface area is 142 Å². The summed E-state index contributed by atoms with van der Waals surface area (Å²) in [4.78, 5) is 29.6. The van der Waals surface area contributed by atoms with E-state index in [1.54, 1.807) is 0 Å². The smallest absolute Gasteiger partial charge is 0.277 e. The Bertz CT molecular complexity index is 912. The molecule has 0 saturated carbocycles. The fourth-order valence-corrected chi connectivity index (χ4v) is 2.94. The van der Waals surface area contributed by atoms with E-state index >= 15 is 0 Å². The number of hydrogen-bond acceptors (Lipinski definition) is 5. The molecule has 0 aliphatic rings. The number of hydrogen-bond donors (Lipinski definition) is 1. The van der Waals surface area contributed by atoms with Crippen LogP contribution in [0.1, 0.15) is 26.6 Å². The first kappa shape index (κ1) is 16.1. The van der Waals surface area contributed by atoms with Gasteiger partial charge in [0, 0.05) is 10.9 Å².